The van der Waals surface area contributed by atoms with Crippen molar-refractivity contribution in [3.63, 3.8) is 0 Å². The molecule has 0 fully saturated rings. The summed E-state index contributed by atoms with van der Waals surface area (Å²) in [5.74, 6) is -0.971. The average molecular weight is 464 g/mol. The molecule has 0 saturated carbocycles. The first kappa shape index (κ1) is 22.7. The number of aryl methyl sites for hydroxylation is 3. The number of aromatic nitrogens is 2. The van der Waals surface area contributed by atoms with Crippen LogP contribution in [-0.2, 0) is 16.0 Å². The van der Waals surface area contributed by atoms with E-state index in [1.54, 1.807) is 31.3 Å². The van der Waals surface area contributed by atoms with Crippen molar-refractivity contribution in [2.24, 2.45) is 0 Å². The summed E-state index contributed by atoms with van der Waals surface area (Å²) in [6.45, 7) is 7.78. The van der Waals surface area contributed by atoms with Crippen molar-refractivity contribution in [2.45, 2.75) is 40.2 Å². The zero-order chi connectivity index (χ0) is 23.5. The predicted octanol–water partition coefficient (Wildman–Crippen LogP) is 4.78. The SMILES string of the molecule is Cc1cc(-c2cc(C(=O)OC(C)C(=O)NCCc3ccccc3)c3c(C)noc3n2)c(C)s1. The summed E-state index contributed by atoms with van der Waals surface area (Å²) in [5.41, 5.74) is 3.73. The number of nitrogens with one attached hydrogen (secondary N) is 1. The largest absolute Gasteiger partial charge is 0.449 e. The van der Waals surface area contributed by atoms with Crippen LogP contribution in [0.15, 0.2) is 47.0 Å². The lowest BCUT2D eigenvalue weighted by Gasteiger charge is -2.14. The Bertz CT molecular complexity index is 1310. The number of carbonyl (C=O) groups is 2. The number of benzene rings is 1. The molecule has 170 valence electrons. The number of hydrogen-bond acceptors (Lipinski definition) is 7. The number of pyridine rings is 1. The van der Waals surface area contributed by atoms with Crippen molar-refractivity contribution in [3.8, 4) is 11.3 Å². The molecule has 33 heavy (non-hydrogen) atoms. The zero-order valence-electron chi connectivity index (χ0n) is 19.0. The van der Waals surface area contributed by atoms with Crippen molar-refractivity contribution < 1.29 is 18.8 Å². The summed E-state index contributed by atoms with van der Waals surface area (Å²) in [6, 6.07) is 13.6. The number of hydrogen-bond donors (Lipinski definition) is 1. The third-order valence-corrected chi connectivity index (χ3v) is 6.33. The monoisotopic (exact) mass is 463 g/mol. The lowest BCUT2D eigenvalue weighted by Crippen LogP contribution is -2.37. The number of carbonyl (C=O) groups excluding carboxylic acids is 2. The molecular formula is C25H25N3O4S. The van der Waals surface area contributed by atoms with Gasteiger partial charge in [0.15, 0.2) is 6.10 Å². The standard InChI is InChI=1S/C25H25N3O4S/c1-14-12-19(17(4)33-14)21-13-20(22-15(2)28-32-24(22)27-21)25(30)31-16(3)23(29)26-11-10-18-8-6-5-7-9-18/h5-9,12-13,16H,10-11H2,1-4H3,(H,26,29). The summed E-state index contributed by atoms with van der Waals surface area (Å²) in [6.07, 6.45) is -0.258. The van der Waals surface area contributed by atoms with Crippen LogP contribution < -0.4 is 5.32 Å². The molecule has 1 aromatic carbocycles. The fourth-order valence-corrected chi connectivity index (χ4v) is 4.61. The predicted molar refractivity (Wildman–Crippen MR) is 127 cm³/mol. The van der Waals surface area contributed by atoms with Crippen LogP contribution in [0.25, 0.3) is 22.4 Å². The van der Waals surface area contributed by atoms with Gasteiger partial charge in [-0.25, -0.2) is 9.78 Å². The second-order valence-corrected chi connectivity index (χ2v) is 9.36. The van der Waals surface area contributed by atoms with Crippen LogP contribution in [0.2, 0.25) is 0 Å². The Labute approximate surface area is 195 Å². The Morgan fingerprint density at radius 3 is 2.61 bits per heavy atom. The molecule has 0 aliphatic rings. The van der Waals surface area contributed by atoms with Gasteiger partial charge in [-0.2, -0.15) is 0 Å². The van der Waals surface area contributed by atoms with Crippen molar-refractivity contribution in [2.75, 3.05) is 6.54 Å². The van der Waals surface area contributed by atoms with E-state index in [1.165, 1.54) is 0 Å². The fraction of sp³-hybridized carbons (Fsp3) is 0.280. The van der Waals surface area contributed by atoms with Crippen LogP contribution in [0.3, 0.4) is 0 Å². The molecule has 1 atom stereocenters. The first-order chi connectivity index (χ1) is 15.8. The van der Waals surface area contributed by atoms with Gasteiger partial charge in [0.1, 0.15) is 0 Å². The molecule has 1 amide bonds. The minimum absolute atomic E-state index is 0.264. The molecule has 0 spiro atoms. The van der Waals surface area contributed by atoms with E-state index in [4.69, 9.17) is 9.26 Å². The molecule has 0 saturated heterocycles. The molecule has 7 nitrogen and oxygen atoms in total. The number of thiophene rings is 1. The molecule has 0 bridgehead atoms. The van der Waals surface area contributed by atoms with E-state index >= 15 is 0 Å². The van der Waals surface area contributed by atoms with Gasteiger partial charge in [0.05, 0.1) is 22.3 Å². The van der Waals surface area contributed by atoms with E-state index in [-0.39, 0.29) is 17.2 Å². The number of rotatable bonds is 7. The molecule has 3 heterocycles. The Hall–Kier alpha value is -3.52. The Morgan fingerprint density at radius 1 is 1.15 bits per heavy atom. The van der Waals surface area contributed by atoms with Crippen molar-refractivity contribution >= 4 is 34.3 Å². The topological polar surface area (TPSA) is 94.3 Å². The Morgan fingerprint density at radius 2 is 1.91 bits per heavy atom. The lowest BCUT2D eigenvalue weighted by atomic mass is 10.1. The molecule has 1 unspecified atom stereocenters. The van der Waals surface area contributed by atoms with Gasteiger partial charge in [0.25, 0.3) is 11.6 Å². The maximum Gasteiger partial charge on any atom is 0.339 e. The van der Waals surface area contributed by atoms with Gasteiger partial charge < -0.3 is 14.6 Å². The third-order valence-electron chi connectivity index (χ3n) is 5.36. The van der Waals surface area contributed by atoms with Crippen molar-refractivity contribution in [3.05, 3.63) is 69.0 Å². The molecule has 1 N–H and O–H groups in total. The number of ether oxygens (including phenoxy) is 1. The molecule has 8 heteroatoms. The molecule has 4 rings (SSSR count). The first-order valence-corrected chi connectivity index (χ1v) is 11.5. The summed E-state index contributed by atoms with van der Waals surface area (Å²) in [7, 11) is 0. The highest BCUT2D eigenvalue weighted by atomic mass is 32.1. The second-order valence-electron chi connectivity index (χ2n) is 7.90. The summed E-state index contributed by atoms with van der Waals surface area (Å²) < 4.78 is 10.9. The fourth-order valence-electron chi connectivity index (χ4n) is 3.67. The zero-order valence-corrected chi connectivity index (χ0v) is 19.8. The number of nitrogens with zero attached hydrogens (tertiary/aromatic N) is 2. The molecule has 3 aromatic heterocycles. The van der Waals surface area contributed by atoms with Crippen molar-refractivity contribution in [1.82, 2.24) is 15.5 Å². The van der Waals surface area contributed by atoms with Crippen LogP contribution in [0, 0.1) is 20.8 Å². The highest BCUT2D eigenvalue weighted by molar-refractivity contribution is 7.12. The van der Waals surface area contributed by atoms with E-state index in [1.807, 2.05) is 50.2 Å². The van der Waals surface area contributed by atoms with Gasteiger partial charge in [-0.05, 0) is 51.8 Å². The maximum absolute atomic E-state index is 13.1. The van der Waals surface area contributed by atoms with Crippen LogP contribution in [0.4, 0.5) is 0 Å². The van der Waals surface area contributed by atoms with Crippen molar-refractivity contribution in [1.29, 1.82) is 0 Å². The van der Waals surface area contributed by atoms with Gasteiger partial charge >= 0.3 is 5.97 Å². The normalized spacial score (nSPS) is 12.0. The number of esters is 1. The lowest BCUT2D eigenvalue weighted by molar-refractivity contribution is -0.129. The van der Waals surface area contributed by atoms with Crippen LogP contribution in [-0.4, -0.2) is 34.7 Å². The smallest absolute Gasteiger partial charge is 0.339 e. The molecule has 0 radical (unpaired) electrons. The van der Waals surface area contributed by atoms with E-state index < -0.39 is 12.1 Å². The highest BCUT2D eigenvalue weighted by Crippen LogP contribution is 2.33. The minimum Gasteiger partial charge on any atom is -0.449 e. The van der Waals surface area contributed by atoms with Crippen LogP contribution >= 0.6 is 11.3 Å². The van der Waals surface area contributed by atoms with Gasteiger partial charge in [0, 0.05) is 21.9 Å². The minimum atomic E-state index is -0.953. The summed E-state index contributed by atoms with van der Waals surface area (Å²) in [5, 5.41) is 7.27. The molecule has 0 aliphatic heterocycles. The van der Waals surface area contributed by atoms with Gasteiger partial charge in [-0.1, -0.05) is 35.5 Å². The van der Waals surface area contributed by atoms with E-state index in [2.05, 4.69) is 15.5 Å². The van der Waals surface area contributed by atoms with Gasteiger partial charge in [0.2, 0.25) is 0 Å². The Balaban J connectivity index is 1.51. The first-order valence-electron chi connectivity index (χ1n) is 10.7. The Kier molecular flexibility index (Phi) is 6.55. The summed E-state index contributed by atoms with van der Waals surface area (Å²) in [4.78, 5) is 32.4. The number of fused-ring (bicyclic) bond motifs is 1. The number of amides is 1. The average Bonchev–Trinajstić information content (AvgIpc) is 3.34. The second kappa shape index (κ2) is 9.54. The third kappa shape index (κ3) is 4.96. The molecule has 4 aromatic rings. The van der Waals surface area contributed by atoms with E-state index in [0.717, 1.165) is 20.9 Å². The maximum atomic E-state index is 13.1. The quantitative estimate of drug-likeness (QED) is 0.396. The van der Waals surface area contributed by atoms with Gasteiger partial charge in [-0.15, -0.1) is 11.3 Å². The van der Waals surface area contributed by atoms with E-state index in [9.17, 15) is 9.59 Å². The summed E-state index contributed by atoms with van der Waals surface area (Å²) >= 11 is 1.65. The molecule has 0 aliphatic carbocycles. The van der Waals surface area contributed by atoms with Crippen LogP contribution in [0.1, 0.15) is 38.3 Å². The van der Waals surface area contributed by atoms with Crippen LogP contribution in [0.5, 0.6) is 0 Å². The molecular weight excluding hydrogens is 438 g/mol. The van der Waals surface area contributed by atoms with E-state index in [0.29, 0.717) is 29.7 Å². The highest BCUT2D eigenvalue weighted by Gasteiger charge is 2.25. The van der Waals surface area contributed by atoms with Gasteiger partial charge in [-0.3, -0.25) is 4.79 Å².